The normalized spacial score (nSPS) is 12.3. The fourth-order valence-electron chi connectivity index (χ4n) is 3.94. The number of halogens is 6. The van der Waals surface area contributed by atoms with E-state index >= 15 is 0 Å². The zero-order valence-corrected chi connectivity index (χ0v) is 28.0. The summed E-state index contributed by atoms with van der Waals surface area (Å²) in [7, 11) is 2.92. The van der Waals surface area contributed by atoms with Gasteiger partial charge in [-0.2, -0.15) is 26.3 Å². The van der Waals surface area contributed by atoms with E-state index in [-0.39, 0.29) is 68.0 Å². The monoisotopic (exact) mass is 700 g/mol. The molecule has 18 heteroatoms. The number of alkyl halides is 6. The molecule has 2 aromatic rings. The van der Waals surface area contributed by atoms with Crippen molar-refractivity contribution in [2.45, 2.75) is 78.1 Å². The summed E-state index contributed by atoms with van der Waals surface area (Å²) in [6.07, 6.45) is -11.7. The molecule has 0 bridgehead atoms. The Hall–Kier alpha value is -3.74. The van der Waals surface area contributed by atoms with Crippen LogP contribution in [0.4, 0.5) is 41.6 Å². The molecule has 0 saturated carbocycles. The molecule has 0 atom stereocenters. The summed E-state index contributed by atoms with van der Waals surface area (Å²) in [6.45, 7) is 10.2. The van der Waals surface area contributed by atoms with E-state index < -0.39 is 46.9 Å². The van der Waals surface area contributed by atoms with Crippen LogP contribution in [0.25, 0.3) is 0 Å². The number of anilines is 1. The highest BCUT2D eigenvalue weighted by molar-refractivity contribution is 5.88. The van der Waals surface area contributed by atoms with Gasteiger partial charge in [0.05, 0.1) is 51.0 Å². The predicted molar refractivity (Wildman–Crippen MR) is 161 cm³/mol. The number of nitrogens with zero attached hydrogens (tertiary/aromatic N) is 3. The van der Waals surface area contributed by atoms with Crippen molar-refractivity contribution in [3.63, 3.8) is 0 Å². The number of hydrogen-bond donors (Lipinski definition) is 2. The van der Waals surface area contributed by atoms with Gasteiger partial charge in [-0.25, -0.2) is 19.6 Å². The summed E-state index contributed by atoms with van der Waals surface area (Å²) < 4.78 is 103. The highest BCUT2D eigenvalue weighted by atomic mass is 19.4. The average Bonchev–Trinajstić information content (AvgIpc) is 2.92. The quantitative estimate of drug-likeness (QED) is 0.184. The fourth-order valence-corrected chi connectivity index (χ4v) is 3.94. The number of amides is 2. The summed E-state index contributed by atoms with van der Waals surface area (Å²) in [5, 5.41) is 9.44. The molecular weight excluding hydrogens is 658 g/mol. The number of ether oxygens (including phenoxy) is 5. The van der Waals surface area contributed by atoms with Crippen molar-refractivity contribution >= 4 is 17.9 Å². The topological polar surface area (TPSA) is 156 Å². The molecule has 2 heterocycles. The summed E-state index contributed by atoms with van der Waals surface area (Å²) in [5.41, 5.74) is 1.21. The third kappa shape index (κ3) is 13.4. The van der Waals surface area contributed by atoms with Gasteiger partial charge in [-0.15, -0.1) is 0 Å². The first kappa shape index (κ1) is 42.3. The largest absolute Gasteiger partial charge is 0.465 e. The second-order valence-corrected chi connectivity index (χ2v) is 12.0. The minimum Gasteiger partial charge on any atom is -0.465 e. The summed E-state index contributed by atoms with van der Waals surface area (Å²) in [5.74, 6) is -0.111. The second-order valence-electron chi connectivity index (χ2n) is 12.0. The van der Waals surface area contributed by atoms with Gasteiger partial charge in [0.25, 0.3) is 0 Å². The summed E-state index contributed by atoms with van der Waals surface area (Å²) in [4.78, 5) is 30.8. The van der Waals surface area contributed by atoms with Gasteiger partial charge in [-0.1, -0.05) is 20.8 Å². The highest BCUT2D eigenvalue weighted by Crippen LogP contribution is 2.39. The van der Waals surface area contributed by atoms with Crippen LogP contribution in [-0.2, 0) is 49.9 Å². The Kier molecular flexibility index (Phi) is 15.5. The van der Waals surface area contributed by atoms with Crippen molar-refractivity contribution in [1.29, 1.82) is 0 Å². The SMILES string of the molecule is COCCOCc1nc(C(F)(F)F)cc(C(C)(C)C)c1OC(N)=O.COCCOCc1nc(C(F)(F)F)ccc1N(C(=O)O)C(C)(C)C. The lowest BCUT2D eigenvalue weighted by molar-refractivity contribution is -0.142. The molecule has 0 unspecified atom stereocenters. The van der Waals surface area contributed by atoms with Crippen LogP contribution in [0.15, 0.2) is 18.2 Å². The van der Waals surface area contributed by atoms with Gasteiger partial charge in [-0.3, -0.25) is 4.90 Å². The number of rotatable bonds is 12. The zero-order chi connectivity index (χ0) is 37.1. The van der Waals surface area contributed by atoms with Gasteiger partial charge in [0, 0.05) is 25.3 Å². The van der Waals surface area contributed by atoms with Crippen molar-refractivity contribution in [2.75, 3.05) is 45.5 Å². The van der Waals surface area contributed by atoms with Crippen LogP contribution in [0, 0.1) is 0 Å². The first-order valence-electron chi connectivity index (χ1n) is 14.3. The molecule has 2 amide bonds. The van der Waals surface area contributed by atoms with Crippen LogP contribution in [-0.4, -0.2) is 73.4 Å². The molecule has 0 aliphatic heterocycles. The van der Waals surface area contributed by atoms with E-state index in [0.29, 0.717) is 0 Å². The van der Waals surface area contributed by atoms with Crippen LogP contribution in [0.1, 0.15) is 69.9 Å². The Morgan fingerprint density at radius 1 is 0.792 bits per heavy atom. The Morgan fingerprint density at radius 2 is 1.27 bits per heavy atom. The maximum absolute atomic E-state index is 13.1. The van der Waals surface area contributed by atoms with Crippen molar-refractivity contribution in [2.24, 2.45) is 5.73 Å². The van der Waals surface area contributed by atoms with Crippen LogP contribution < -0.4 is 15.4 Å². The smallest absolute Gasteiger partial charge is 0.433 e. The van der Waals surface area contributed by atoms with Gasteiger partial charge in [0.1, 0.15) is 17.1 Å². The first-order valence-corrected chi connectivity index (χ1v) is 14.3. The minimum atomic E-state index is -4.65. The molecule has 0 aliphatic rings. The lowest BCUT2D eigenvalue weighted by Crippen LogP contribution is -2.46. The third-order valence-electron chi connectivity index (χ3n) is 6.03. The molecule has 48 heavy (non-hydrogen) atoms. The van der Waals surface area contributed by atoms with Crippen molar-refractivity contribution in [3.05, 3.63) is 46.5 Å². The lowest BCUT2D eigenvalue weighted by atomic mass is 9.85. The molecule has 2 rings (SSSR count). The highest BCUT2D eigenvalue weighted by Gasteiger charge is 2.37. The minimum absolute atomic E-state index is 0.0559. The molecule has 0 fully saturated rings. The summed E-state index contributed by atoms with van der Waals surface area (Å²) >= 11 is 0. The molecule has 12 nitrogen and oxygen atoms in total. The molecule has 0 saturated heterocycles. The van der Waals surface area contributed by atoms with Gasteiger partial charge < -0.3 is 34.5 Å². The predicted octanol–water partition coefficient (Wildman–Crippen LogP) is 6.56. The second kappa shape index (κ2) is 17.6. The lowest BCUT2D eigenvalue weighted by Gasteiger charge is -2.34. The molecule has 0 aliphatic carbocycles. The number of primary amides is 1. The van der Waals surface area contributed by atoms with Crippen molar-refractivity contribution in [3.8, 4) is 5.75 Å². The maximum Gasteiger partial charge on any atom is 0.433 e. The van der Waals surface area contributed by atoms with Crippen LogP contribution >= 0.6 is 0 Å². The molecule has 0 aromatic carbocycles. The number of carbonyl (C=O) groups is 2. The number of hydrogen-bond acceptors (Lipinski definition) is 9. The molecule has 0 radical (unpaired) electrons. The Labute approximate surface area is 274 Å². The van der Waals surface area contributed by atoms with E-state index in [1.54, 1.807) is 41.5 Å². The summed E-state index contributed by atoms with van der Waals surface area (Å²) in [6, 6.07) is 2.72. The van der Waals surface area contributed by atoms with Crippen LogP contribution in [0.3, 0.4) is 0 Å². The molecule has 3 N–H and O–H groups in total. The number of carbonyl (C=O) groups excluding carboxylic acids is 1. The number of nitrogens with two attached hydrogens (primary N) is 1. The van der Waals surface area contributed by atoms with E-state index in [0.717, 1.165) is 23.1 Å². The van der Waals surface area contributed by atoms with E-state index in [2.05, 4.69) is 9.97 Å². The average molecular weight is 701 g/mol. The molecule has 2 aromatic heterocycles. The number of pyridine rings is 2. The Morgan fingerprint density at radius 3 is 1.67 bits per heavy atom. The van der Waals surface area contributed by atoms with E-state index in [4.69, 9.17) is 29.4 Å². The Balaban J connectivity index is 0.000000480. The molecular formula is C30H42F6N4O8. The third-order valence-corrected chi connectivity index (χ3v) is 6.03. The fraction of sp³-hybridized carbons (Fsp3) is 0.600. The maximum atomic E-state index is 13.1. The number of aromatic nitrogens is 2. The van der Waals surface area contributed by atoms with Gasteiger partial charge >= 0.3 is 24.5 Å². The van der Waals surface area contributed by atoms with Gasteiger partial charge in [-0.05, 0) is 44.4 Å². The van der Waals surface area contributed by atoms with Gasteiger partial charge in [0.15, 0.2) is 5.75 Å². The van der Waals surface area contributed by atoms with E-state index in [1.165, 1.54) is 14.2 Å². The van der Waals surface area contributed by atoms with Crippen molar-refractivity contribution in [1.82, 2.24) is 9.97 Å². The number of carboxylic acid groups (broad SMARTS) is 1. The molecule has 272 valence electrons. The number of methoxy groups -OCH3 is 2. The van der Waals surface area contributed by atoms with Crippen LogP contribution in [0.2, 0.25) is 0 Å². The van der Waals surface area contributed by atoms with E-state index in [9.17, 15) is 41.0 Å². The zero-order valence-electron chi connectivity index (χ0n) is 28.0. The first-order chi connectivity index (χ1) is 21.9. The van der Waals surface area contributed by atoms with E-state index in [1.807, 2.05) is 0 Å². The van der Waals surface area contributed by atoms with Gasteiger partial charge in [0.2, 0.25) is 0 Å². The standard InChI is InChI=1S/2C15H21F3N2O4/c1-14(2,3)9-7-11(15(16,17)18)20-10(8-23-6-5-22-4)12(9)24-13(19)21;1-14(2,3)20(13(21)22)11-5-6-12(15(16,17)18)19-10(11)9-24-8-7-23-4/h7H,5-6,8H2,1-4H3,(H2,19,21);5-6H,7-9H2,1-4H3,(H,21,22). The molecule has 0 spiro atoms. The Bertz CT molecular complexity index is 1360. The van der Waals surface area contributed by atoms with Crippen molar-refractivity contribution < 1.29 is 64.7 Å². The van der Waals surface area contributed by atoms with Crippen LogP contribution in [0.5, 0.6) is 5.75 Å².